The molecule has 2 heterocycles. The molecule has 1 aliphatic heterocycles. The normalized spacial score (nSPS) is 16.5. The molecule has 1 unspecified atom stereocenters. The summed E-state index contributed by atoms with van der Waals surface area (Å²) in [6.45, 7) is 1.11. The van der Waals surface area contributed by atoms with Gasteiger partial charge in [0.15, 0.2) is 5.75 Å². The highest BCUT2D eigenvalue weighted by Gasteiger charge is 2.30. The number of ether oxygens (including phenoxy) is 2. The summed E-state index contributed by atoms with van der Waals surface area (Å²) >= 11 is 0. The molecule has 0 N–H and O–H groups in total. The molecule has 1 atom stereocenters. The average molecular weight is 363 g/mol. The van der Waals surface area contributed by atoms with Crippen molar-refractivity contribution in [3.8, 4) is 11.8 Å². The van der Waals surface area contributed by atoms with Crippen molar-refractivity contribution < 1.29 is 14.3 Å². The molecule has 1 amide bonds. The van der Waals surface area contributed by atoms with Crippen LogP contribution >= 0.6 is 0 Å². The van der Waals surface area contributed by atoms with Crippen molar-refractivity contribution in [2.75, 3.05) is 20.3 Å². The second-order valence-electron chi connectivity index (χ2n) is 6.54. The molecular weight excluding hydrogens is 342 g/mol. The zero-order valence-electron chi connectivity index (χ0n) is 15.2. The molecule has 1 fully saturated rings. The second-order valence-corrected chi connectivity index (χ2v) is 6.54. The number of carbonyl (C=O) groups excluding carboxylic acids is 1. The minimum Gasteiger partial charge on any atom is -0.494 e. The number of amides is 1. The van der Waals surface area contributed by atoms with E-state index >= 15 is 0 Å². The van der Waals surface area contributed by atoms with Gasteiger partial charge in [0, 0.05) is 12.1 Å². The lowest BCUT2D eigenvalue weighted by Crippen LogP contribution is -2.39. The number of hydrogen-bond acceptors (Lipinski definition) is 5. The predicted octanol–water partition coefficient (Wildman–Crippen LogP) is 3.32. The number of carbonyl (C=O) groups is 1. The van der Waals surface area contributed by atoms with Crippen molar-refractivity contribution in [3.63, 3.8) is 0 Å². The van der Waals surface area contributed by atoms with Gasteiger partial charge in [-0.1, -0.05) is 36.4 Å². The van der Waals surface area contributed by atoms with Crippen molar-refractivity contribution in [1.82, 2.24) is 14.9 Å². The van der Waals surface area contributed by atoms with E-state index in [0.29, 0.717) is 18.4 Å². The Labute approximate surface area is 157 Å². The molecule has 1 aromatic heterocycles. The molecule has 0 bridgehead atoms. The zero-order valence-corrected chi connectivity index (χ0v) is 15.2. The van der Waals surface area contributed by atoms with E-state index in [1.54, 1.807) is 19.5 Å². The summed E-state index contributed by atoms with van der Waals surface area (Å²) < 4.78 is 10.8. The number of likely N-dealkylation sites (tertiary alicyclic amines) is 1. The molecule has 6 nitrogen and oxygen atoms in total. The van der Waals surface area contributed by atoms with Crippen LogP contribution in [0.3, 0.4) is 0 Å². The summed E-state index contributed by atoms with van der Waals surface area (Å²) in [6, 6.07) is 14.1. The first-order chi connectivity index (χ1) is 13.3. The molecule has 0 radical (unpaired) electrons. The Hall–Kier alpha value is -3.15. The highest BCUT2D eigenvalue weighted by Crippen LogP contribution is 2.25. The van der Waals surface area contributed by atoms with Crippen LogP contribution in [0.1, 0.15) is 23.2 Å². The molecule has 3 aromatic rings. The fraction of sp³-hybridized carbons (Fsp3) is 0.286. The van der Waals surface area contributed by atoms with Crippen LogP contribution in [0.4, 0.5) is 0 Å². The summed E-state index contributed by atoms with van der Waals surface area (Å²) in [6.07, 6.45) is 5.01. The van der Waals surface area contributed by atoms with Gasteiger partial charge in [-0.2, -0.15) is 9.97 Å². The first-order valence-corrected chi connectivity index (χ1v) is 9.04. The van der Waals surface area contributed by atoms with Gasteiger partial charge < -0.3 is 14.4 Å². The minimum absolute atomic E-state index is 0.0159. The fourth-order valence-corrected chi connectivity index (χ4v) is 3.50. The molecular formula is C21H21N3O3. The van der Waals surface area contributed by atoms with Crippen molar-refractivity contribution in [2.24, 2.45) is 0 Å². The molecule has 1 saturated heterocycles. The van der Waals surface area contributed by atoms with Crippen molar-refractivity contribution in [2.45, 2.75) is 18.9 Å². The smallest absolute Gasteiger partial charge is 0.316 e. The van der Waals surface area contributed by atoms with Gasteiger partial charge in [-0.05, 0) is 29.7 Å². The molecule has 138 valence electrons. The van der Waals surface area contributed by atoms with E-state index in [2.05, 4.69) is 9.97 Å². The third-order valence-electron chi connectivity index (χ3n) is 4.90. The Bertz CT molecular complexity index is 938. The minimum atomic E-state index is 0.0159. The maximum Gasteiger partial charge on any atom is 0.316 e. The highest BCUT2D eigenvalue weighted by atomic mass is 16.5. The first-order valence-electron chi connectivity index (χ1n) is 9.04. The van der Waals surface area contributed by atoms with Crippen LogP contribution in [-0.4, -0.2) is 47.1 Å². The molecule has 6 heteroatoms. The fourth-order valence-electron chi connectivity index (χ4n) is 3.50. The van der Waals surface area contributed by atoms with Crippen molar-refractivity contribution in [3.05, 3.63) is 60.4 Å². The lowest BCUT2D eigenvalue weighted by atomic mass is 10.0. The molecule has 2 aromatic carbocycles. The van der Waals surface area contributed by atoms with Gasteiger partial charge in [0.05, 0.1) is 25.5 Å². The molecule has 0 aliphatic carbocycles. The summed E-state index contributed by atoms with van der Waals surface area (Å²) in [5.41, 5.74) is 0.737. The third-order valence-corrected chi connectivity index (χ3v) is 4.90. The van der Waals surface area contributed by atoms with E-state index in [0.717, 1.165) is 35.7 Å². The third kappa shape index (κ3) is 3.56. The van der Waals surface area contributed by atoms with Crippen LogP contribution in [0.15, 0.2) is 54.9 Å². The topological polar surface area (TPSA) is 64.6 Å². The van der Waals surface area contributed by atoms with Crippen LogP contribution in [-0.2, 0) is 0 Å². The molecule has 27 heavy (non-hydrogen) atoms. The summed E-state index contributed by atoms with van der Waals surface area (Å²) in [4.78, 5) is 23.3. The monoisotopic (exact) mass is 363 g/mol. The van der Waals surface area contributed by atoms with Crippen molar-refractivity contribution in [1.29, 1.82) is 0 Å². The maximum atomic E-state index is 13.2. The van der Waals surface area contributed by atoms with E-state index in [9.17, 15) is 4.79 Å². The number of nitrogens with zero attached hydrogens (tertiary/aromatic N) is 3. The Morgan fingerprint density at radius 3 is 2.74 bits per heavy atom. The highest BCUT2D eigenvalue weighted by molar-refractivity contribution is 6.07. The summed E-state index contributed by atoms with van der Waals surface area (Å²) in [7, 11) is 1.56. The average Bonchev–Trinajstić information content (AvgIpc) is 3.20. The van der Waals surface area contributed by atoms with Gasteiger partial charge in [0.25, 0.3) is 5.91 Å². The zero-order chi connectivity index (χ0) is 18.6. The van der Waals surface area contributed by atoms with Gasteiger partial charge >= 0.3 is 6.01 Å². The standard InChI is InChI=1S/C21H21N3O3/c1-26-17-12-22-21(23-13-17)27-14-16-8-5-11-24(16)20(25)19-10-4-7-15-6-2-3-9-18(15)19/h2-4,6-7,9-10,12-13,16H,5,8,11,14H2,1H3. The number of methoxy groups -OCH3 is 1. The van der Waals surface area contributed by atoms with E-state index in [4.69, 9.17) is 9.47 Å². The van der Waals surface area contributed by atoms with Crippen LogP contribution in [0.5, 0.6) is 11.8 Å². The number of benzene rings is 2. The Balaban J connectivity index is 1.49. The molecule has 1 aliphatic rings. The van der Waals surface area contributed by atoms with Gasteiger partial charge in [-0.3, -0.25) is 4.79 Å². The van der Waals surface area contributed by atoms with Gasteiger partial charge in [-0.15, -0.1) is 0 Å². The second kappa shape index (κ2) is 7.61. The predicted molar refractivity (Wildman–Crippen MR) is 102 cm³/mol. The van der Waals surface area contributed by atoms with Gasteiger partial charge in [0.1, 0.15) is 6.61 Å². The van der Waals surface area contributed by atoms with Gasteiger partial charge in [0.2, 0.25) is 0 Å². The molecule has 0 spiro atoms. The molecule has 0 saturated carbocycles. The maximum absolute atomic E-state index is 13.2. The van der Waals surface area contributed by atoms with Crippen LogP contribution in [0, 0.1) is 0 Å². The van der Waals surface area contributed by atoms with E-state index in [1.807, 2.05) is 47.4 Å². The van der Waals surface area contributed by atoms with Gasteiger partial charge in [-0.25, -0.2) is 0 Å². The largest absolute Gasteiger partial charge is 0.494 e. The number of aromatic nitrogens is 2. The quantitative estimate of drug-likeness (QED) is 0.696. The van der Waals surface area contributed by atoms with E-state index in [1.165, 1.54) is 0 Å². The number of hydrogen-bond donors (Lipinski definition) is 0. The number of rotatable bonds is 5. The van der Waals surface area contributed by atoms with E-state index < -0.39 is 0 Å². The Kier molecular flexibility index (Phi) is 4.87. The van der Waals surface area contributed by atoms with Crippen LogP contribution < -0.4 is 9.47 Å². The lowest BCUT2D eigenvalue weighted by Gasteiger charge is -2.25. The lowest BCUT2D eigenvalue weighted by molar-refractivity contribution is 0.0688. The van der Waals surface area contributed by atoms with Crippen molar-refractivity contribution >= 4 is 16.7 Å². The summed E-state index contributed by atoms with van der Waals surface area (Å²) in [5, 5.41) is 2.05. The summed E-state index contributed by atoms with van der Waals surface area (Å²) in [5.74, 6) is 0.629. The van der Waals surface area contributed by atoms with Crippen LogP contribution in [0.25, 0.3) is 10.8 Å². The first kappa shape index (κ1) is 17.3. The van der Waals surface area contributed by atoms with Crippen LogP contribution in [0.2, 0.25) is 0 Å². The van der Waals surface area contributed by atoms with E-state index in [-0.39, 0.29) is 11.9 Å². The SMILES string of the molecule is COc1cnc(OCC2CCCN2C(=O)c2cccc3ccccc23)nc1. The number of fused-ring (bicyclic) bond motifs is 1. The Morgan fingerprint density at radius 2 is 1.93 bits per heavy atom. The molecule has 4 rings (SSSR count). The Morgan fingerprint density at radius 1 is 1.15 bits per heavy atom.